The van der Waals surface area contributed by atoms with Crippen LogP contribution in [0.2, 0.25) is 0 Å². The van der Waals surface area contributed by atoms with Crippen LogP contribution in [0, 0.1) is 0 Å². The van der Waals surface area contributed by atoms with Crippen molar-refractivity contribution in [3.05, 3.63) is 71.4 Å². The summed E-state index contributed by atoms with van der Waals surface area (Å²) in [5.41, 5.74) is 8.72. The van der Waals surface area contributed by atoms with Crippen LogP contribution in [0.4, 0.5) is 5.69 Å². The van der Waals surface area contributed by atoms with Gasteiger partial charge in [-0.25, -0.2) is 4.41 Å². The Kier molecular flexibility index (Phi) is 8.35. The third-order valence-corrected chi connectivity index (χ3v) is 6.32. The standard InChI is InChI=1S/C25H34N2S/c1-3-5-6-7-8-9-11-22-12-16-23(17-13-22)25-20-26-27(28-25)24-18-14-21(10-4-2)15-19-24/h12-20,26H,3-11H2,1-2H3. The minimum Gasteiger partial charge on any atom is -0.294 e. The molecule has 0 bridgehead atoms. The maximum Gasteiger partial charge on any atom is 0.0704 e. The predicted octanol–water partition coefficient (Wildman–Crippen LogP) is 7.51. The molecule has 0 aromatic heterocycles. The lowest BCUT2D eigenvalue weighted by Gasteiger charge is -2.17. The molecule has 1 N–H and O–H groups in total. The van der Waals surface area contributed by atoms with E-state index < -0.39 is 0 Å². The van der Waals surface area contributed by atoms with Gasteiger partial charge in [-0.3, -0.25) is 5.43 Å². The Balaban J connectivity index is 1.47. The van der Waals surface area contributed by atoms with Crippen molar-refractivity contribution < 1.29 is 0 Å². The lowest BCUT2D eigenvalue weighted by atomic mass is 10.0. The fraction of sp³-hybridized carbons (Fsp3) is 0.440. The monoisotopic (exact) mass is 394 g/mol. The van der Waals surface area contributed by atoms with Crippen molar-refractivity contribution in [2.24, 2.45) is 0 Å². The Hall–Kier alpha value is -1.87. The van der Waals surface area contributed by atoms with Crippen molar-refractivity contribution >= 4 is 22.5 Å². The molecule has 2 aromatic carbocycles. The van der Waals surface area contributed by atoms with Gasteiger partial charge in [-0.1, -0.05) is 88.8 Å². The summed E-state index contributed by atoms with van der Waals surface area (Å²) in [7, 11) is 0. The largest absolute Gasteiger partial charge is 0.294 e. The highest BCUT2D eigenvalue weighted by Gasteiger charge is 2.17. The molecule has 0 radical (unpaired) electrons. The van der Waals surface area contributed by atoms with Crippen molar-refractivity contribution in [3.63, 3.8) is 0 Å². The molecule has 0 fully saturated rings. The van der Waals surface area contributed by atoms with Gasteiger partial charge in [0.1, 0.15) is 0 Å². The molecular formula is C25H34N2S. The Morgan fingerprint density at radius 1 is 0.714 bits per heavy atom. The second-order valence-electron chi connectivity index (χ2n) is 7.65. The number of nitrogens with one attached hydrogen (secondary N) is 1. The van der Waals surface area contributed by atoms with E-state index in [2.05, 4.69) is 78.4 Å². The molecule has 0 saturated carbocycles. The molecule has 0 spiro atoms. The molecule has 0 saturated heterocycles. The summed E-state index contributed by atoms with van der Waals surface area (Å²) in [6.07, 6.45) is 13.8. The normalized spacial score (nSPS) is 13.5. The summed E-state index contributed by atoms with van der Waals surface area (Å²) >= 11 is 1.75. The topological polar surface area (TPSA) is 15.3 Å². The second-order valence-corrected chi connectivity index (χ2v) is 8.64. The number of hydrogen-bond acceptors (Lipinski definition) is 3. The number of aryl methyl sites for hydroxylation is 2. The van der Waals surface area contributed by atoms with Crippen LogP contribution in [0.15, 0.2) is 54.7 Å². The molecule has 3 rings (SSSR count). The molecule has 1 aliphatic heterocycles. The van der Waals surface area contributed by atoms with Crippen LogP contribution in [0.3, 0.4) is 0 Å². The second kappa shape index (κ2) is 11.2. The molecule has 1 aliphatic rings. The van der Waals surface area contributed by atoms with E-state index in [-0.39, 0.29) is 0 Å². The van der Waals surface area contributed by atoms with Gasteiger partial charge in [0.25, 0.3) is 0 Å². The lowest BCUT2D eigenvalue weighted by Crippen LogP contribution is -2.22. The molecule has 28 heavy (non-hydrogen) atoms. The molecule has 0 unspecified atom stereocenters. The van der Waals surface area contributed by atoms with Gasteiger partial charge in [0, 0.05) is 18.1 Å². The van der Waals surface area contributed by atoms with Gasteiger partial charge in [-0.05, 0) is 48.1 Å². The molecule has 2 nitrogen and oxygen atoms in total. The van der Waals surface area contributed by atoms with Gasteiger partial charge < -0.3 is 0 Å². The van der Waals surface area contributed by atoms with E-state index in [4.69, 9.17) is 0 Å². The fourth-order valence-corrected chi connectivity index (χ4v) is 4.44. The zero-order valence-electron chi connectivity index (χ0n) is 17.4. The summed E-state index contributed by atoms with van der Waals surface area (Å²) < 4.78 is 2.13. The number of nitrogens with zero attached hydrogens (tertiary/aromatic N) is 1. The van der Waals surface area contributed by atoms with Gasteiger partial charge in [0.15, 0.2) is 0 Å². The van der Waals surface area contributed by atoms with Gasteiger partial charge >= 0.3 is 0 Å². The Morgan fingerprint density at radius 2 is 1.36 bits per heavy atom. The van der Waals surface area contributed by atoms with E-state index in [0.717, 1.165) is 6.42 Å². The van der Waals surface area contributed by atoms with E-state index in [1.54, 1.807) is 11.9 Å². The average Bonchev–Trinajstić information content (AvgIpc) is 3.22. The number of anilines is 1. The minimum atomic E-state index is 1.15. The molecule has 2 aromatic rings. The zero-order valence-corrected chi connectivity index (χ0v) is 18.2. The van der Waals surface area contributed by atoms with Gasteiger partial charge in [-0.2, -0.15) is 0 Å². The molecule has 150 valence electrons. The van der Waals surface area contributed by atoms with E-state index in [1.165, 1.54) is 78.6 Å². The smallest absolute Gasteiger partial charge is 0.0704 e. The highest BCUT2D eigenvalue weighted by Crippen LogP contribution is 2.36. The minimum absolute atomic E-state index is 1.15. The van der Waals surface area contributed by atoms with Crippen molar-refractivity contribution in [3.8, 4) is 0 Å². The Bertz CT molecular complexity index is 734. The highest BCUT2D eigenvalue weighted by molar-refractivity contribution is 8.09. The number of hydrazine groups is 1. The third kappa shape index (κ3) is 6.07. The van der Waals surface area contributed by atoms with Crippen molar-refractivity contribution in [1.29, 1.82) is 0 Å². The van der Waals surface area contributed by atoms with Crippen LogP contribution in [-0.2, 0) is 12.8 Å². The zero-order chi connectivity index (χ0) is 19.6. The number of hydrogen-bond donors (Lipinski definition) is 1. The number of benzene rings is 2. The molecular weight excluding hydrogens is 360 g/mol. The molecule has 0 amide bonds. The molecule has 3 heteroatoms. The summed E-state index contributed by atoms with van der Waals surface area (Å²) in [5, 5.41) is 0. The van der Waals surface area contributed by atoms with Gasteiger partial charge in [0.05, 0.1) is 10.6 Å². The van der Waals surface area contributed by atoms with Crippen LogP contribution in [0.25, 0.3) is 4.91 Å². The Labute approximate surface area is 175 Å². The van der Waals surface area contributed by atoms with Crippen molar-refractivity contribution in [2.45, 2.75) is 71.6 Å². The van der Waals surface area contributed by atoms with Crippen LogP contribution < -0.4 is 9.84 Å². The first-order valence-electron chi connectivity index (χ1n) is 10.9. The van der Waals surface area contributed by atoms with Crippen LogP contribution in [0.5, 0.6) is 0 Å². The van der Waals surface area contributed by atoms with E-state index in [9.17, 15) is 0 Å². The first-order valence-corrected chi connectivity index (χ1v) is 11.7. The van der Waals surface area contributed by atoms with Crippen LogP contribution in [-0.4, -0.2) is 0 Å². The number of unbranched alkanes of at least 4 members (excludes halogenated alkanes) is 5. The molecule has 0 aliphatic carbocycles. The summed E-state index contributed by atoms with van der Waals surface area (Å²) in [5.74, 6) is 0. The summed E-state index contributed by atoms with van der Waals surface area (Å²) in [4.78, 5) is 1.27. The van der Waals surface area contributed by atoms with Gasteiger partial charge in [-0.15, -0.1) is 0 Å². The lowest BCUT2D eigenvalue weighted by molar-refractivity contribution is 0.607. The quantitative estimate of drug-likeness (QED) is 0.313. The predicted molar refractivity (Wildman–Crippen MR) is 125 cm³/mol. The molecule has 1 heterocycles. The summed E-state index contributed by atoms with van der Waals surface area (Å²) in [6, 6.07) is 18.0. The number of rotatable bonds is 11. The third-order valence-electron chi connectivity index (χ3n) is 5.27. The fourth-order valence-electron chi connectivity index (χ4n) is 3.56. The first-order chi connectivity index (χ1) is 13.8. The summed E-state index contributed by atoms with van der Waals surface area (Å²) in [6.45, 7) is 4.50. The van der Waals surface area contributed by atoms with E-state index in [0.29, 0.717) is 0 Å². The maximum absolute atomic E-state index is 3.38. The SMILES string of the molecule is CCCCCCCCc1ccc(C2=CNN(c3ccc(CCC)cc3)S2)cc1. The highest BCUT2D eigenvalue weighted by atomic mass is 32.2. The first kappa shape index (κ1) is 20.9. The maximum atomic E-state index is 3.38. The average molecular weight is 395 g/mol. The van der Waals surface area contributed by atoms with Crippen molar-refractivity contribution in [2.75, 3.05) is 4.41 Å². The van der Waals surface area contributed by atoms with Gasteiger partial charge in [0.2, 0.25) is 0 Å². The Morgan fingerprint density at radius 3 is 2.07 bits per heavy atom. The molecule has 0 atom stereocenters. The van der Waals surface area contributed by atoms with Crippen LogP contribution in [0.1, 0.15) is 75.5 Å². The van der Waals surface area contributed by atoms with Crippen LogP contribution >= 0.6 is 11.9 Å². The van der Waals surface area contributed by atoms with E-state index in [1.807, 2.05) is 0 Å². The van der Waals surface area contributed by atoms with E-state index >= 15 is 0 Å². The van der Waals surface area contributed by atoms with Crippen molar-refractivity contribution in [1.82, 2.24) is 5.43 Å².